The number of benzene rings is 2. The van der Waals surface area contributed by atoms with Gasteiger partial charge in [0.05, 0.1) is 12.3 Å². The van der Waals surface area contributed by atoms with Crippen molar-refractivity contribution in [3.05, 3.63) is 66.0 Å². The maximum Gasteiger partial charge on any atom is 0.230 e. The van der Waals surface area contributed by atoms with Gasteiger partial charge in [-0.25, -0.2) is 4.39 Å². The molecule has 116 valence electrons. The second-order valence-corrected chi connectivity index (χ2v) is 6.21. The number of thioether (sulfide) groups is 1. The van der Waals surface area contributed by atoms with Crippen LogP contribution in [0, 0.1) is 5.82 Å². The highest BCUT2D eigenvalue weighted by Crippen LogP contribution is 2.20. The van der Waals surface area contributed by atoms with Crippen molar-refractivity contribution in [2.75, 3.05) is 12.3 Å². The first-order chi connectivity index (χ1) is 10.5. The van der Waals surface area contributed by atoms with Gasteiger partial charge in [0.2, 0.25) is 5.91 Å². The summed E-state index contributed by atoms with van der Waals surface area (Å²) in [6.45, 7) is 1.80. The van der Waals surface area contributed by atoms with E-state index in [2.05, 4.69) is 5.32 Å². The van der Waals surface area contributed by atoms with E-state index < -0.39 is 5.60 Å². The lowest BCUT2D eigenvalue weighted by molar-refractivity contribution is -0.119. The summed E-state index contributed by atoms with van der Waals surface area (Å²) >= 11 is 1.32. The average Bonchev–Trinajstić information content (AvgIpc) is 2.53. The number of carbonyl (C=O) groups excluding carboxylic acids is 1. The van der Waals surface area contributed by atoms with Crippen LogP contribution in [0.3, 0.4) is 0 Å². The van der Waals surface area contributed by atoms with E-state index in [1.165, 1.54) is 23.9 Å². The zero-order valence-electron chi connectivity index (χ0n) is 12.3. The average molecular weight is 319 g/mol. The van der Waals surface area contributed by atoms with Crippen LogP contribution in [-0.2, 0) is 10.4 Å². The molecule has 0 saturated carbocycles. The van der Waals surface area contributed by atoms with E-state index in [0.717, 1.165) is 10.5 Å². The van der Waals surface area contributed by atoms with E-state index in [1.807, 2.05) is 30.3 Å². The van der Waals surface area contributed by atoms with Gasteiger partial charge in [-0.3, -0.25) is 4.79 Å². The topological polar surface area (TPSA) is 49.3 Å². The second kappa shape index (κ2) is 7.42. The molecule has 0 aliphatic rings. The number of hydrogen-bond donors (Lipinski definition) is 2. The second-order valence-electron chi connectivity index (χ2n) is 5.16. The monoisotopic (exact) mass is 319 g/mol. The minimum absolute atomic E-state index is 0.139. The first-order valence-electron chi connectivity index (χ1n) is 6.90. The third kappa shape index (κ3) is 4.86. The summed E-state index contributed by atoms with van der Waals surface area (Å²) < 4.78 is 12.8. The van der Waals surface area contributed by atoms with Crippen LogP contribution in [0.25, 0.3) is 0 Å². The molecule has 2 N–H and O–H groups in total. The quantitative estimate of drug-likeness (QED) is 0.805. The molecule has 2 rings (SSSR count). The Bertz CT molecular complexity index is 614. The van der Waals surface area contributed by atoms with Crippen LogP contribution in [0.4, 0.5) is 4.39 Å². The van der Waals surface area contributed by atoms with Gasteiger partial charge >= 0.3 is 0 Å². The van der Waals surface area contributed by atoms with Gasteiger partial charge < -0.3 is 10.4 Å². The van der Waals surface area contributed by atoms with Crippen molar-refractivity contribution >= 4 is 17.7 Å². The predicted molar refractivity (Wildman–Crippen MR) is 86.1 cm³/mol. The highest BCUT2D eigenvalue weighted by molar-refractivity contribution is 8.00. The Kier molecular flexibility index (Phi) is 5.57. The Labute approximate surface area is 133 Å². The minimum Gasteiger partial charge on any atom is -0.384 e. The van der Waals surface area contributed by atoms with Crippen LogP contribution in [0.1, 0.15) is 12.5 Å². The molecule has 0 fully saturated rings. The van der Waals surface area contributed by atoms with Gasteiger partial charge in [-0.2, -0.15) is 0 Å². The van der Waals surface area contributed by atoms with Gasteiger partial charge in [0.15, 0.2) is 0 Å². The lowest BCUT2D eigenvalue weighted by Gasteiger charge is -2.24. The summed E-state index contributed by atoms with van der Waals surface area (Å²) in [7, 11) is 0. The maximum absolute atomic E-state index is 12.8. The van der Waals surface area contributed by atoms with Crippen molar-refractivity contribution < 1.29 is 14.3 Å². The minimum atomic E-state index is -1.11. The third-order valence-corrected chi connectivity index (χ3v) is 4.22. The number of hydrogen-bond acceptors (Lipinski definition) is 3. The summed E-state index contributed by atoms with van der Waals surface area (Å²) in [5.41, 5.74) is -0.362. The van der Waals surface area contributed by atoms with Gasteiger partial charge in [0.25, 0.3) is 0 Å². The van der Waals surface area contributed by atoms with E-state index in [-0.39, 0.29) is 24.0 Å². The Morgan fingerprint density at radius 2 is 1.82 bits per heavy atom. The Hall–Kier alpha value is -1.85. The van der Waals surface area contributed by atoms with E-state index in [4.69, 9.17) is 0 Å². The van der Waals surface area contributed by atoms with Crippen molar-refractivity contribution in [2.45, 2.75) is 17.4 Å². The van der Waals surface area contributed by atoms with Crippen molar-refractivity contribution in [1.29, 1.82) is 0 Å². The third-order valence-electron chi connectivity index (χ3n) is 3.21. The Morgan fingerprint density at radius 3 is 2.45 bits per heavy atom. The molecule has 0 bridgehead atoms. The molecule has 1 atom stereocenters. The molecule has 0 aliphatic heterocycles. The summed E-state index contributed by atoms with van der Waals surface area (Å²) in [6.07, 6.45) is 0. The molecular formula is C17H18FNO2S. The molecule has 0 aromatic heterocycles. The van der Waals surface area contributed by atoms with Gasteiger partial charge in [-0.05, 0) is 36.8 Å². The molecule has 1 unspecified atom stereocenters. The summed E-state index contributed by atoms with van der Waals surface area (Å²) in [5, 5.41) is 13.1. The fraction of sp³-hybridized carbons (Fsp3) is 0.235. The van der Waals surface area contributed by atoms with Gasteiger partial charge in [-0.15, -0.1) is 11.8 Å². The van der Waals surface area contributed by atoms with Crippen molar-refractivity contribution in [3.63, 3.8) is 0 Å². The summed E-state index contributed by atoms with van der Waals surface area (Å²) in [4.78, 5) is 12.7. The lowest BCUT2D eigenvalue weighted by atomic mass is 9.96. The van der Waals surface area contributed by atoms with Gasteiger partial charge in [0.1, 0.15) is 11.4 Å². The number of amides is 1. The van der Waals surface area contributed by atoms with E-state index >= 15 is 0 Å². The highest BCUT2D eigenvalue weighted by atomic mass is 32.2. The molecule has 0 aliphatic carbocycles. The van der Waals surface area contributed by atoms with Crippen LogP contribution in [-0.4, -0.2) is 23.3 Å². The fourth-order valence-electron chi connectivity index (χ4n) is 1.90. The van der Waals surface area contributed by atoms with E-state index in [1.54, 1.807) is 19.1 Å². The first-order valence-corrected chi connectivity index (χ1v) is 7.89. The van der Waals surface area contributed by atoms with Crippen LogP contribution < -0.4 is 5.32 Å². The van der Waals surface area contributed by atoms with Crippen molar-refractivity contribution in [3.8, 4) is 0 Å². The fourth-order valence-corrected chi connectivity index (χ4v) is 2.63. The molecule has 0 spiro atoms. The smallest absolute Gasteiger partial charge is 0.230 e. The number of aliphatic hydroxyl groups is 1. The molecular weight excluding hydrogens is 301 g/mol. The van der Waals surface area contributed by atoms with Gasteiger partial charge in [-0.1, -0.05) is 30.3 Å². The molecule has 0 saturated heterocycles. The van der Waals surface area contributed by atoms with Crippen molar-refractivity contribution in [2.24, 2.45) is 0 Å². The molecule has 2 aromatic rings. The molecule has 2 aromatic carbocycles. The van der Waals surface area contributed by atoms with Crippen molar-refractivity contribution in [1.82, 2.24) is 5.32 Å². The standard InChI is InChI=1S/C17H18FNO2S/c1-17(21,13-5-3-2-4-6-13)12-19-16(20)11-22-15-9-7-14(18)8-10-15/h2-10,21H,11-12H2,1H3,(H,19,20). The van der Waals surface area contributed by atoms with E-state index in [0.29, 0.717) is 0 Å². The van der Waals surface area contributed by atoms with Crippen LogP contribution in [0.5, 0.6) is 0 Å². The SMILES string of the molecule is CC(O)(CNC(=O)CSc1ccc(F)cc1)c1ccccc1. The Morgan fingerprint density at radius 1 is 1.18 bits per heavy atom. The Balaban J connectivity index is 1.81. The predicted octanol–water partition coefficient (Wildman–Crippen LogP) is 2.94. The molecule has 3 nitrogen and oxygen atoms in total. The number of rotatable bonds is 6. The normalized spacial score (nSPS) is 13.4. The summed E-state index contributed by atoms with van der Waals surface area (Å²) in [5.74, 6) is -0.255. The van der Waals surface area contributed by atoms with Crippen LogP contribution in [0.2, 0.25) is 0 Å². The lowest BCUT2D eigenvalue weighted by Crippen LogP contribution is -2.39. The zero-order chi connectivity index (χ0) is 16.0. The van der Waals surface area contributed by atoms with Crippen LogP contribution in [0.15, 0.2) is 59.5 Å². The largest absolute Gasteiger partial charge is 0.384 e. The number of carbonyl (C=O) groups is 1. The molecule has 5 heteroatoms. The highest BCUT2D eigenvalue weighted by Gasteiger charge is 2.23. The molecule has 0 heterocycles. The number of nitrogens with one attached hydrogen (secondary N) is 1. The first kappa shape index (κ1) is 16.5. The molecule has 0 radical (unpaired) electrons. The molecule has 1 amide bonds. The molecule has 22 heavy (non-hydrogen) atoms. The number of halogens is 1. The summed E-state index contributed by atoms with van der Waals surface area (Å²) in [6, 6.07) is 15.2. The van der Waals surface area contributed by atoms with Crippen LogP contribution >= 0.6 is 11.8 Å². The maximum atomic E-state index is 12.8. The van der Waals surface area contributed by atoms with Gasteiger partial charge in [0, 0.05) is 4.90 Å². The van der Waals surface area contributed by atoms with E-state index in [9.17, 15) is 14.3 Å². The zero-order valence-corrected chi connectivity index (χ0v) is 13.1.